The average Bonchev–Trinajstić information content (AvgIpc) is 2.90. The molecule has 3 aromatic rings. The Morgan fingerprint density at radius 3 is 2.96 bits per heavy atom. The minimum Gasteiger partial charge on any atom is -0.491 e. The lowest BCUT2D eigenvalue weighted by molar-refractivity contribution is 0.281. The van der Waals surface area contributed by atoms with E-state index in [2.05, 4.69) is 14.9 Å². The zero-order valence-electron chi connectivity index (χ0n) is 13.7. The van der Waals surface area contributed by atoms with Gasteiger partial charge in [-0.1, -0.05) is 6.07 Å². The number of hydrogen-bond acceptors (Lipinski definition) is 6. The van der Waals surface area contributed by atoms with Crippen molar-refractivity contribution in [2.24, 2.45) is 0 Å². The van der Waals surface area contributed by atoms with E-state index in [1.807, 2.05) is 36.4 Å². The number of hydrogen-bond donors (Lipinski definition) is 1. The van der Waals surface area contributed by atoms with Gasteiger partial charge in [0.2, 0.25) is 5.95 Å². The molecule has 4 rings (SSSR count). The second-order valence-corrected chi connectivity index (χ2v) is 5.85. The SMILES string of the molecule is OCc1ccc2c(c1)CN(c1nccc(-c3cccnc3)n1)CCO2. The van der Waals surface area contributed by atoms with Gasteiger partial charge >= 0.3 is 0 Å². The van der Waals surface area contributed by atoms with E-state index in [4.69, 9.17) is 9.72 Å². The number of aliphatic hydroxyl groups excluding tert-OH is 1. The summed E-state index contributed by atoms with van der Waals surface area (Å²) in [7, 11) is 0. The van der Waals surface area contributed by atoms with Gasteiger partial charge in [0.05, 0.1) is 18.8 Å². The first-order valence-electron chi connectivity index (χ1n) is 8.17. The summed E-state index contributed by atoms with van der Waals surface area (Å²) in [6.07, 6.45) is 5.30. The lowest BCUT2D eigenvalue weighted by Crippen LogP contribution is -2.27. The van der Waals surface area contributed by atoms with E-state index in [0.29, 0.717) is 25.6 Å². The molecule has 6 heteroatoms. The van der Waals surface area contributed by atoms with Gasteiger partial charge in [0.25, 0.3) is 0 Å². The van der Waals surface area contributed by atoms with E-state index in [0.717, 1.165) is 28.1 Å². The van der Waals surface area contributed by atoms with Crippen molar-refractivity contribution in [2.75, 3.05) is 18.1 Å². The van der Waals surface area contributed by atoms with Gasteiger partial charge in [-0.2, -0.15) is 0 Å². The second-order valence-electron chi connectivity index (χ2n) is 5.85. The molecule has 1 N–H and O–H groups in total. The molecule has 6 nitrogen and oxygen atoms in total. The Balaban J connectivity index is 1.65. The first-order chi connectivity index (χ1) is 12.3. The number of aromatic nitrogens is 3. The van der Waals surface area contributed by atoms with Crippen molar-refractivity contribution >= 4 is 5.95 Å². The van der Waals surface area contributed by atoms with Crippen molar-refractivity contribution in [2.45, 2.75) is 13.2 Å². The first kappa shape index (κ1) is 15.5. The first-order valence-corrected chi connectivity index (χ1v) is 8.17. The van der Waals surface area contributed by atoms with Crippen molar-refractivity contribution in [3.05, 3.63) is 66.1 Å². The summed E-state index contributed by atoms with van der Waals surface area (Å²) in [5.41, 5.74) is 3.70. The molecule has 0 amide bonds. The largest absolute Gasteiger partial charge is 0.491 e. The lowest BCUT2D eigenvalue weighted by atomic mass is 10.1. The minimum atomic E-state index is 0.0142. The summed E-state index contributed by atoms with van der Waals surface area (Å²) in [4.78, 5) is 15.4. The molecule has 1 aromatic carbocycles. The van der Waals surface area contributed by atoms with Gasteiger partial charge in [0.1, 0.15) is 12.4 Å². The van der Waals surface area contributed by atoms with Crippen LogP contribution in [0.1, 0.15) is 11.1 Å². The van der Waals surface area contributed by atoms with E-state index in [-0.39, 0.29) is 6.61 Å². The van der Waals surface area contributed by atoms with Crippen LogP contribution in [0.15, 0.2) is 55.0 Å². The maximum atomic E-state index is 9.37. The molecule has 0 saturated heterocycles. The smallest absolute Gasteiger partial charge is 0.226 e. The molecule has 0 radical (unpaired) electrons. The predicted octanol–water partition coefficient (Wildman–Crippen LogP) is 2.43. The van der Waals surface area contributed by atoms with Crippen molar-refractivity contribution in [1.82, 2.24) is 15.0 Å². The van der Waals surface area contributed by atoms with E-state index in [1.54, 1.807) is 18.6 Å². The van der Waals surface area contributed by atoms with Crippen LogP contribution >= 0.6 is 0 Å². The summed E-state index contributed by atoms with van der Waals surface area (Å²) >= 11 is 0. The minimum absolute atomic E-state index is 0.0142. The van der Waals surface area contributed by atoms with E-state index in [9.17, 15) is 5.11 Å². The molecule has 0 bridgehead atoms. The molecular formula is C19H18N4O2. The van der Waals surface area contributed by atoms with Gasteiger partial charge in [-0.3, -0.25) is 4.98 Å². The number of rotatable bonds is 3. The molecule has 0 atom stereocenters. The van der Waals surface area contributed by atoms with E-state index in [1.165, 1.54) is 0 Å². The Kier molecular flexibility index (Phi) is 4.26. The van der Waals surface area contributed by atoms with Crippen LogP contribution in [-0.2, 0) is 13.2 Å². The maximum absolute atomic E-state index is 9.37. The van der Waals surface area contributed by atoms with Crippen LogP contribution < -0.4 is 9.64 Å². The molecule has 0 unspecified atom stereocenters. The number of ether oxygens (including phenoxy) is 1. The summed E-state index contributed by atoms with van der Waals surface area (Å²) in [6.45, 7) is 1.91. The van der Waals surface area contributed by atoms with Gasteiger partial charge in [0.15, 0.2) is 0 Å². The number of benzene rings is 1. The highest BCUT2D eigenvalue weighted by molar-refractivity contribution is 5.59. The highest BCUT2D eigenvalue weighted by atomic mass is 16.5. The molecule has 25 heavy (non-hydrogen) atoms. The van der Waals surface area contributed by atoms with Gasteiger partial charge in [-0.25, -0.2) is 9.97 Å². The topological polar surface area (TPSA) is 71.4 Å². The van der Waals surface area contributed by atoms with Crippen LogP contribution in [-0.4, -0.2) is 33.2 Å². The third-order valence-corrected chi connectivity index (χ3v) is 4.17. The van der Waals surface area contributed by atoms with Crippen LogP contribution in [0, 0.1) is 0 Å². The van der Waals surface area contributed by atoms with Crippen LogP contribution in [0.4, 0.5) is 5.95 Å². The molecule has 0 spiro atoms. The van der Waals surface area contributed by atoms with E-state index >= 15 is 0 Å². The highest BCUT2D eigenvalue weighted by Crippen LogP contribution is 2.27. The summed E-state index contributed by atoms with van der Waals surface area (Å²) in [5, 5.41) is 9.37. The zero-order chi connectivity index (χ0) is 17.1. The standard InChI is InChI=1S/C19H18N4O2/c24-13-14-3-4-18-16(10-14)12-23(8-9-25-18)19-21-7-5-17(22-19)15-2-1-6-20-11-15/h1-7,10-11,24H,8-9,12-13H2. The monoisotopic (exact) mass is 334 g/mol. The van der Waals surface area contributed by atoms with Crippen LogP contribution in [0.3, 0.4) is 0 Å². The van der Waals surface area contributed by atoms with Crippen LogP contribution in [0.25, 0.3) is 11.3 Å². The second kappa shape index (κ2) is 6.86. The molecule has 3 heterocycles. The Morgan fingerprint density at radius 2 is 2.12 bits per heavy atom. The third kappa shape index (κ3) is 3.29. The number of nitrogens with zero attached hydrogens (tertiary/aromatic N) is 4. The fourth-order valence-electron chi connectivity index (χ4n) is 2.89. The molecule has 1 aliphatic rings. The Hall–Kier alpha value is -2.99. The number of fused-ring (bicyclic) bond motifs is 1. The summed E-state index contributed by atoms with van der Waals surface area (Å²) < 4.78 is 5.83. The normalized spacial score (nSPS) is 13.7. The third-order valence-electron chi connectivity index (χ3n) is 4.17. The fraction of sp³-hybridized carbons (Fsp3) is 0.211. The fourth-order valence-corrected chi connectivity index (χ4v) is 2.89. The Morgan fingerprint density at radius 1 is 1.16 bits per heavy atom. The summed E-state index contributed by atoms with van der Waals surface area (Å²) in [5.74, 6) is 1.51. The van der Waals surface area contributed by atoms with Crippen molar-refractivity contribution in [1.29, 1.82) is 0 Å². The summed E-state index contributed by atoms with van der Waals surface area (Å²) in [6, 6.07) is 11.5. The van der Waals surface area contributed by atoms with Gasteiger partial charge in [-0.05, 0) is 35.9 Å². The van der Waals surface area contributed by atoms with Gasteiger partial charge in [0, 0.05) is 36.3 Å². The quantitative estimate of drug-likeness (QED) is 0.793. The van der Waals surface area contributed by atoms with Gasteiger partial charge < -0.3 is 14.7 Å². The number of pyridine rings is 1. The van der Waals surface area contributed by atoms with Crippen molar-refractivity contribution in [3.8, 4) is 17.0 Å². The maximum Gasteiger partial charge on any atom is 0.226 e. The Labute approximate surface area is 145 Å². The predicted molar refractivity (Wildman–Crippen MR) is 94.2 cm³/mol. The van der Waals surface area contributed by atoms with Crippen LogP contribution in [0.2, 0.25) is 0 Å². The van der Waals surface area contributed by atoms with Crippen molar-refractivity contribution < 1.29 is 9.84 Å². The lowest BCUT2D eigenvalue weighted by Gasteiger charge is -2.20. The highest BCUT2D eigenvalue weighted by Gasteiger charge is 2.18. The van der Waals surface area contributed by atoms with E-state index < -0.39 is 0 Å². The average molecular weight is 334 g/mol. The molecule has 126 valence electrons. The molecular weight excluding hydrogens is 316 g/mol. The number of aliphatic hydroxyl groups is 1. The Bertz CT molecular complexity index is 870. The molecule has 1 aliphatic heterocycles. The zero-order valence-corrected chi connectivity index (χ0v) is 13.7. The number of anilines is 1. The van der Waals surface area contributed by atoms with Gasteiger partial charge in [-0.15, -0.1) is 0 Å². The molecule has 0 fully saturated rings. The van der Waals surface area contributed by atoms with Crippen molar-refractivity contribution in [3.63, 3.8) is 0 Å². The molecule has 0 aliphatic carbocycles. The molecule has 0 saturated carbocycles. The van der Waals surface area contributed by atoms with Crippen LogP contribution in [0.5, 0.6) is 5.75 Å². The molecule has 2 aromatic heterocycles.